The average Bonchev–Trinajstić information content (AvgIpc) is 2.81. The molecule has 33 heavy (non-hydrogen) atoms. The van der Waals surface area contributed by atoms with Crippen LogP contribution in [-0.4, -0.2) is 27.0 Å². The summed E-state index contributed by atoms with van der Waals surface area (Å²) in [7, 11) is 2.38. The van der Waals surface area contributed by atoms with Gasteiger partial charge in [-0.1, -0.05) is 79.1 Å². The van der Waals surface area contributed by atoms with Crippen LogP contribution in [0.5, 0.6) is 5.75 Å². The molecule has 0 bridgehead atoms. The fraction of sp³-hybridized carbons (Fsp3) is 0.586. The Labute approximate surface area is 204 Å². The molecule has 1 atom stereocenters. The van der Waals surface area contributed by atoms with Gasteiger partial charge in [0, 0.05) is 42.2 Å². The first-order valence-electron chi connectivity index (χ1n) is 12.6. The summed E-state index contributed by atoms with van der Waals surface area (Å²) in [5, 5.41) is 1.51. The highest BCUT2D eigenvalue weighted by molar-refractivity contribution is 7.49. The second-order valence-corrected chi connectivity index (χ2v) is 12.2. The standard InChI is InChI=1S/C29H44NO2P/c1-8-29(9-2,33-26-16-12-11-15-25(26)30-17-13-10-14-18-30)24-20-22(3)19-23(28(4,5)6)27(24)32-21-31-7/h11-12,15-16,19-20,33H,8-10,13-14,17-18,21H2,1-7H3. The Balaban J connectivity index is 2.14. The number of anilines is 1. The molecule has 2 aromatic carbocycles. The summed E-state index contributed by atoms with van der Waals surface area (Å²) in [6.45, 7) is 16.4. The summed E-state index contributed by atoms with van der Waals surface area (Å²) >= 11 is 0. The van der Waals surface area contributed by atoms with Crippen molar-refractivity contribution in [1.82, 2.24) is 0 Å². The Morgan fingerprint density at radius 1 is 0.939 bits per heavy atom. The van der Waals surface area contributed by atoms with Gasteiger partial charge in [-0.15, -0.1) is 0 Å². The smallest absolute Gasteiger partial charge is 0.188 e. The van der Waals surface area contributed by atoms with Crippen molar-refractivity contribution < 1.29 is 9.47 Å². The molecule has 0 N–H and O–H groups in total. The summed E-state index contributed by atoms with van der Waals surface area (Å²) in [5.41, 5.74) is 5.35. The summed E-state index contributed by atoms with van der Waals surface area (Å²) in [5.74, 6) is 1.03. The van der Waals surface area contributed by atoms with Gasteiger partial charge in [-0.3, -0.25) is 0 Å². The molecule has 0 saturated carbocycles. The van der Waals surface area contributed by atoms with E-state index in [1.54, 1.807) is 7.11 Å². The minimum Gasteiger partial charge on any atom is -0.467 e. The van der Waals surface area contributed by atoms with Crippen molar-refractivity contribution in [2.45, 2.75) is 84.2 Å². The Hall–Kier alpha value is -1.57. The van der Waals surface area contributed by atoms with Crippen molar-refractivity contribution >= 4 is 19.6 Å². The number of aryl methyl sites for hydroxylation is 1. The first kappa shape index (κ1) is 26.0. The van der Waals surface area contributed by atoms with Crippen molar-refractivity contribution in [3.8, 4) is 5.75 Å². The molecule has 0 spiro atoms. The molecule has 1 unspecified atom stereocenters. The molecule has 1 fully saturated rings. The fourth-order valence-electron chi connectivity index (χ4n) is 5.08. The lowest BCUT2D eigenvalue weighted by Gasteiger charge is -2.38. The van der Waals surface area contributed by atoms with E-state index in [0.717, 1.165) is 18.6 Å². The van der Waals surface area contributed by atoms with Crippen LogP contribution >= 0.6 is 8.58 Å². The van der Waals surface area contributed by atoms with E-state index in [9.17, 15) is 0 Å². The van der Waals surface area contributed by atoms with Crippen molar-refractivity contribution in [3.05, 3.63) is 53.1 Å². The van der Waals surface area contributed by atoms with Crippen LogP contribution < -0.4 is 14.9 Å². The van der Waals surface area contributed by atoms with Gasteiger partial charge < -0.3 is 14.4 Å². The van der Waals surface area contributed by atoms with Crippen LogP contribution in [0, 0.1) is 6.92 Å². The van der Waals surface area contributed by atoms with Crippen LogP contribution in [-0.2, 0) is 15.3 Å². The summed E-state index contributed by atoms with van der Waals surface area (Å²) < 4.78 is 11.7. The molecular formula is C29H44NO2P. The zero-order valence-corrected chi connectivity index (χ0v) is 22.9. The minimum atomic E-state index is -0.00805. The van der Waals surface area contributed by atoms with Crippen LogP contribution in [0.25, 0.3) is 0 Å². The van der Waals surface area contributed by atoms with E-state index in [1.807, 2.05) is 0 Å². The fourth-order valence-corrected chi connectivity index (χ4v) is 6.82. The molecule has 3 rings (SSSR count). The van der Waals surface area contributed by atoms with Crippen LogP contribution in [0.3, 0.4) is 0 Å². The van der Waals surface area contributed by atoms with Gasteiger partial charge in [-0.05, 0) is 55.8 Å². The second-order valence-electron chi connectivity index (χ2n) is 10.5. The van der Waals surface area contributed by atoms with E-state index in [-0.39, 0.29) is 17.4 Å². The molecule has 1 heterocycles. The molecule has 1 saturated heterocycles. The van der Waals surface area contributed by atoms with Crippen LogP contribution in [0.2, 0.25) is 0 Å². The number of methoxy groups -OCH3 is 1. The summed E-state index contributed by atoms with van der Waals surface area (Å²) in [6, 6.07) is 13.8. The van der Waals surface area contributed by atoms with E-state index >= 15 is 0 Å². The van der Waals surface area contributed by atoms with Gasteiger partial charge in [0.2, 0.25) is 0 Å². The SMILES string of the molecule is CCC(CC)(Pc1ccccc1N1CCCCC1)c1cc(C)cc(C(C)(C)C)c1OCOC. The predicted octanol–water partition coefficient (Wildman–Crippen LogP) is 7.28. The van der Waals surface area contributed by atoms with Crippen molar-refractivity contribution in [2.24, 2.45) is 0 Å². The number of piperidine rings is 1. The second kappa shape index (κ2) is 11.2. The molecule has 0 aromatic heterocycles. The number of nitrogens with zero attached hydrogens (tertiary/aromatic N) is 1. The molecular weight excluding hydrogens is 425 g/mol. The molecule has 182 valence electrons. The lowest BCUT2D eigenvalue weighted by Crippen LogP contribution is -2.33. The number of hydrogen-bond acceptors (Lipinski definition) is 3. The predicted molar refractivity (Wildman–Crippen MR) is 145 cm³/mol. The molecule has 2 aromatic rings. The van der Waals surface area contributed by atoms with Crippen LogP contribution in [0.15, 0.2) is 36.4 Å². The lowest BCUT2D eigenvalue weighted by molar-refractivity contribution is 0.0485. The molecule has 3 nitrogen and oxygen atoms in total. The Morgan fingerprint density at radius 2 is 1.58 bits per heavy atom. The maximum absolute atomic E-state index is 6.36. The Bertz CT molecular complexity index is 908. The monoisotopic (exact) mass is 469 g/mol. The zero-order valence-electron chi connectivity index (χ0n) is 21.9. The van der Waals surface area contributed by atoms with Crippen molar-refractivity contribution in [2.75, 3.05) is 31.9 Å². The zero-order chi connectivity index (χ0) is 24.1. The third kappa shape index (κ3) is 5.92. The maximum Gasteiger partial charge on any atom is 0.188 e. The molecule has 1 aliphatic heterocycles. The van der Waals surface area contributed by atoms with Crippen molar-refractivity contribution in [1.29, 1.82) is 0 Å². The number of hydrogen-bond donors (Lipinski definition) is 0. The largest absolute Gasteiger partial charge is 0.467 e. The van der Waals surface area contributed by atoms with E-state index in [1.165, 1.54) is 60.0 Å². The van der Waals surface area contributed by atoms with Crippen molar-refractivity contribution in [3.63, 3.8) is 0 Å². The first-order valence-corrected chi connectivity index (χ1v) is 13.6. The number of benzene rings is 2. The number of ether oxygens (including phenoxy) is 2. The highest BCUT2D eigenvalue weighted by Gasteiger charge is 2.36. The highest BCUT2D eigenvalue weighted by atomic mass is 31.1. The third-order valence-corrected chi connectivity index (χ3v) is 9.21. The van der Waals surface area contributed by atoms with E-state index in [2.05, 4.69) is 82.8 Å². The Kier molecular flexibility index (Phi) is 8.87. The van der Waals surface area contributed by atoms with Gasteiger partial charge in [-0.25, -0.2) is 0 Å². The maximum atomic E-state index is 6.36. The summed E-state index contributed by atoms with van der Waals surface area (Å²) in [4.78, 5) is 2.61. The van der Waals surface area contributed by atoms with Crippen LogP contribution in [0.4, 0.5) is 5.69 Å². The number of para-hydroxylation sites is 1. The van der Waals surface area contributed by atoms with Gasteiger partial charge >= 0.3 is 0 Å². The van der Waals surface area contributed by atoms with E-state index < -0.39 is 0 Å². The van der Waals surface area contributed by atoms with Gasteiger partial charge in [0.25, 0.3) is 0 Å². The summed E-state index contributed by atoms with van der Waals surface area (Å²) in [6.07, 6.45) is 6.10. The third-order valence-electron chi connectivity index (χ3n) is 7.06. The van der Waals surface area contributed by atoms with Gasteiger partial charge in [0.1, 0.15) is 5.75 Å². The topological polar surface area (TPSA) is 21.7 Å². The van der Waals surface area contributed by atoms with E-state index in [4.69, 9.17) is 9.47 Å². The molecule has 0 aliphatic carbocycles. The van der Waals surface area contributed by atoms with E-state index in [0.29, 0.717) is 8.58 Å². The quantitative estimate of drug-likeness (QED) is 0.284. The molecule has 1 aliphatic rings. The molecule has 4 heteroatoms. The van der Waals surface area contributed by atoms with Gasteiger partial charge in [0.15, 0.2) is 6.79 Å². The Morgan fingerprint density at radius 3 is 2.18 bits per heavy atom. The normalized spacial score (nSPS) is 15.4. The van der Waals surface area contributed by atoms with Crippen LogP contribution in [0.1, 0.15) is 83.4 Å². The molecule has 0 amide bonds. The number of rotatable bonds is 9. The minimum absolute atomic E-state index is 0.00805. The van der Waals surface area contributed by atoms with Gasteiger partial charge in [0.05, 0.1) is 0 Å². The van der Waals surface area contributed by atoms with Gasteiger partial charge in [-0.2, -0.15) is 0 Å². The lowest BCUT2D eigenvalue weighted by atomic mass is 9.80. The average molecular weight is 470 g/mol. The molecule has 0 radical (unpaired) electrons. The highest BCUT2D eigenvalue weighted by Crippen LogP contribution is 2.53. The first-order chi connectivity index (χ1) is 15.8.